The van der Waals surface area contributed by atoms with Gasteiger partial charge >= 0.3 is 5.69 Å². The Balaban J connectivity index is 1.79. The average Bonchev–Trinajstić information content (AvgIpc) is 2.77. The third-order valence-electron chi connectivity index (χ3n) is 2.81. The van der Waals surface area contributed by atoms with Crippen molar-refractivity contribution in [3.63, 3.8) is 0 Å². The summed E-state index contributed by atoms with van der Waals surface area (Å²) in [5, 5.41) is 0. The Morgan fingerprint density at radius 3 is 2.50 bits per heavy atom. The summed E-state index contributed by atoms with van der Waals surface area (Å²) in [7, 11) is 0. The van der Waals surface area contributed by atoms with E-state index in [4.69, 9.17) is 4.74 Å². The second-order valence-corrected chi connectivity index (χ2v) is 4.08. The maximum Gasteiger partial charge on any atom is 0.328 e. The zero-order valence-corrected chi connectivity index (χ0v) is 10.6. The minimum Gasteiger partial charge on any atom is -0.494 e. The van der Waals surface area contributed by atoms with Crippen LogP contribution in [0.2, 0.25) is 0 Å². The highest BCUT2D eigenvalue weighted by Crippen LogP contribution is 2.08. The van der Waals surface area contributed by atoms with Gasteiger partial charge in [0.2, 0.25) is 0 Å². The van der Waals surface area contributed by atoms with Gasteiger partial charge in [0.15, 0.2) is 0 Å². The first kappa shape index (κ1) is 12.5. The second-order valence-electron chi connectivity index (χ2n) is 4.08. The van der Waals surface area contributed by atoms with E-state index in [1.807, 2.05) is 49.6 Å². The van der Waals surface area contributed by atoms with Crippen molar-refractivity contribution in [3.05, 3.63) is 53.2 Å². The third kappa shape index (κ3) is 3.03. The Hall–Kier alpha value is -1.97. The lowest BCUT2D eigenvalue weighted by Gasteiger charge is -2.05. The van der Waals surface area contributed by atoms with Crippen LogP contribution in [0.1, 0.15) is 13.3 Å². The smallest absolute Gasteiger partial charge is 0.328 e. The van der Waals surface area contributed by atoms with E-state index in [-0.39, 0.29) is 5.69 Å². The molecule has 0 amide bonds. The Kier molecular flexibility index (Phi) is 4.23. The Labute approximate surface area is 106 Å². The number of hydrogen-bond acceptors (Lipinski definition) is 2. The van der Waals surface area contributed by atoms with Gasteiger partial charge in [-0.3, -0.25) is 9.13 Å². The molecule has 0 bridgehead atoms. The standard InChI is InChI=1S/C14H18N2O2/c1-2-15-10-11-16(14(15)17)9-6-12-18-13-7-4-3-5-8-13/h3-5,7-8,10-11H,2,6,9,12H2,1H3. The molecule has 0 spiro atoms. The number of para-hydroxylation sites is 1. The van der Waals surface area contributed by atoms with Crippen LogP contribution in [-0.2, 0) is 13.1 Å². The van der Waals surface area contributed by atoms with Crippen molar-refractivity contribution in [2.75, 3.05) is 6.61 Å². The molecule has 0 saturated carbocycles. The summed E-state index contributed by atoms with van der Waals surface area (Å²) >= 11 is 0. The minimum absolute atomic E-state index is 0.0530. The van der Waals surface area contributed by atoms with E-state index >= 15 is 0 Å². The summed E-state index contributed by atoms with van der Waals surface area (Å²) in [6.07, 6.45) is 4.47. The maximum absolute atomic E-state index is 11.7. The molecule has 1 aromatic carbocycles. The van der Waals surface area contributed by atoms with Crippen molar-refractivity contribution < 1.29 is 4.74 Å². The van der Waals surface area contributed by atoms with Gasteiger partial charge in [0.25, 0.3) is 0 Å². The molecule has 4 nitrogen and oxygen atoms in total. The van der Waals surface area contributed by atoms with Crippen molar-refractivity contribution >= 4 is 0 Å². The first-order chi connectivity index (χ1) is 8.81. The number of aromatic nitrogens is 2. The second kappa shape index (κ2) is 6.10. The van der Waals surface area contributed by atoms with Crippen LogP contribution in [0.4, 0.5) is 0 Å². The molecule has 1 aromatic heterocycles. The fraction of sp³-hybridized carbons (Fsp3) is 0.357. The van der Waals surface area contributed by atoms with Gasteiger partial charge < -0.3 is 4.74 Å². The number of benzene rings is 1. The van der Waals surface area contributed by atoms with E-state index in [2.05, 4.69) is 0 Å². The van der Waals surface area contributed by atoms with E-state index in [0.717, 1.165) is 12.2 Å². The van der Waals surface area contributed by atoms with E-state index in [0.29, 0.717) is 19.7 Å². The van der Waals surface area contributed by atoms with Crippen LogP contribution in [0.5, 0.6) is 5.75 Å². The summed E-state index contributed by atoms with van der Waals surface area (Å²) in [4.78, 5) is 11.7. The van der Waals surface area contributed by atoms with E-state index in [1.54, 1.807) is 9.13 Å². The van der Waals surface area contributed by atoms with Gasteiger partial charge in [-0.2, -0.15) is 0 Å². The lowest BCUT2D eigenvalue weighted by atomic mass is 10.3. The van der Waals surface area contributed by atoms with E-state index in [1.165, 1.54) is 0 Å². The van der Waals surface area contributed by atoms with Crippen molar-refractivity contribution in [2.45, 2.75) is 26.4 Å². The van der Waals surface area contributed by atoms with Crippen LogP contribution in [0.3, 0.4) is 0 Å². The Bertz CT molecular complexity index is 528. The quantitative estimate of drug-likeness (QED) is 0.732. The Morgan fingerprint density at radius 2 is 1.83 bits per heavy atom. The molecular formula is C14H18N2O2. The number of imidazole rings is 1. The van der Waals surface area contributed by atoms with Gasteiger partial charge in [0, 0.05) is 25.5 Å². The SMILES string of the molecule is CCn1ccn(CCCOc2ccccc2)c1=O. The topological polar surface area (TPSA) is 36.2 Å². The normalized spacial score (nSPS) is 10.5. The molecule has 0 aliphatic heterocycles. The molecular weight excluding hydrogens is 228 g/mol. The van der Waals surface area contributed by atoms with Crippen molar-refractivity contribution in [2.24, 2.45) is 0 Å². The molecule has 18 heavy (non-hydrogen) atoms. The summed E-state index contributed by atoms with van der Waals surface area (Å²) in [5.41, 5.74) is 0.0530. The predicted octanol–water partition coefficient (Wildman–Crippen LogP) is 2.14. The van der Waals surface area contributed by atoms with Crippen LogP contribution in [0, 0.1) is 0 Å². The highest BCUT2D eigenvalue weighted by molar-refractivity contribution is 5.20. The van der Waals surface area contributed by atoms with E-state index < -0.39 is 0 Å². The average molecular weight is 246 g/mol. The largest absolute Gasteiger partial charge is 0.494 e. The third-order valence-corrected chi connectivity index (χ3v) is 2.81. The van der Waals surface area contributed by atoms with Crippen molar-refractivity contribution in [1.29, 1.82) is 0 Å². The highest BCUT2D eigenvalue weighted by atomic mass is 16.5. The zero-order valence-electron chi connectivity index (χ0n) is 10.6. The molecule has 96 valence electrons. The molecule has 0 unspecified atom stereocenters. The van der Waals surface area contributed by atoms with Crippen LogP contribution in [-0.4, -0.2) is 15.7 Å². The highest BCUT2D eigenvalue weighted by Gasteiger charge is 2.00. The minimum atomic E-state index is 0.0530. The molecule has 0 fully saturated rings. The number of aryl methyl sites for hydroxylation is 2. The number of nitrogens with zero attached hydrogens (tertiary/aromatic N) is 2. The fourth-order valence-corrected chi connectivity index (χ4v) is 1.81. The fourth-order valence-electron chi connectivity index (χ4n) is 1.81. The summed E-state index contributed by atoms with van der Waals surface area (Å²) in [6.45, 7) is 3.99. The molecule has 1 heterocycles. The molecule has 0 radical (unpaired) electrons. The number of ether oxygens (including phenoxy) is 1. The van der Waals surface area contributed by atoms with E-state index in [9.17, 15) is 4.79 Å². The summed E-state index contributed by atoms with van der Waals surface area (Å²) in [6, 6.07) is 9.71. The molecule has 0 atom stereocenters. The van der Waals surface area contributed by atoms with Gasteiger partial charge in [-0.1, -0.05) is 18.2 Å². The first-order valence-electron chi connectivity index (χ1n) is 6.24. The summed E-state index contributed by atoms with van der Waals surface area (Å²) < 4.78 is 8.99. The Morgan fingerprint density at radius 1 is 1.11 bits per heavy atom. The van der Waals surface area contributed by atoms with Crippen LogP contribution in [0.15, 0.2) is 47.5 Å². The van der Waals surface area contributed by atoms with Crippen LogP contribution >= 0.6 is 0 Å². The van der Waals surface area contributed by atoms with Crippen LogP contribution in [0.25, 0.3) is 0 Å². The van der Waals surface area contributed by atoms with Gasteiger partial charge in [-0.25, -0.2) is 4.79 Å². The maximum atomic E-state index is 11.7. The lowest BCUT2D eigenvalue weighted by molar-refractivity contribution is 0.300. The number of hydrogen-bond donors (Lipinski definition) is 0. The molecule has 0 aliphatic carbocycles. The monoisotopic (exact) mass is 246 g/mol. The molecule has 4 heteroatoms. The van der Waals surface area contributed by atoms with Gasteiger partial charge in [-0.15, -0.1) is 0 Å². The first-order valence-corrected chi connectivity index (χ1v) is 6.24. The number of rotatable bonds is 6. The zero-order chi connectivity index (χ0) is 12.8. The molecule has 0 saturated heterocycles. The molecule has 2 rings (SSSR count). The van der Waals surface area contributed by atoms with Gasteiger partial charge in [-0.05, 0) is 25.5 Å². The van der Waals surface area contributed by atoms with Gasteiger partial charge in [0.05, 0.1) is 6.61 Å². The molecule has 0 aliphatic rings. The van der Waals surface area contributed by atoms with Crippen molar-refractivity contribution in [1.82, 2.24) is 9.13 Å². The lowest BCUT2D eigenvalue weighted by Crippen LogP contribution is -2.24. The van der Waals surface area contributed by atoms with Crippen LogP contribution < -0.4 is 10.4 Å². The predicted molar refractivity (Wildman–Crippen MR) is 70.9 cm³/mol. The van der Waals surface area contributed by atoms with Gasteiger partial charge in [0.1, 0.15) is 5.75 Å². The molecule has 2 aromatic rings. The molecule has 0 N–H and O–H groups in total. The summed E-state index contributed by atoms with van der Waals surface area (Å²) in [5.74, 6) is 0.871. The van der Waals surface area contributed by atoms with Crippen molar-refractivity contribution in [3.8, 4) is 5.75 Å².